The highest BCUT2D eigenvalue weighted by Crippen LogP contribution is 2.44. The van der Waals surface area contributed by atoms with Gasteiger partial charge in [0.05, 0.1) is 0 Å². The fourth-order valence-corrected chi connectivity index (χ4v) is 3.83. The zero-order valence-electron chi connectivity index (χ0n) is 18.8. The molecule has 0 saturated carbocycles. The lowest BCUT2D eigenvalue weighted by Gasteiger charge is -2.27. The molecule has 0 spiro atoms. The summed E-state index contributed by atoms with van der Waals surface area (Å²) >= 11 is 0. The summed E-state index contributed by atoms with van der Waals surface area (Å²) < 4.78 is 10.7. The number of aliphatic carboxylic acids is 1. The average Bonchev–Trinajstić information content (AvgIpc) is 3.03. The van der Waals surface area contributed by atoms with E-state index in [-0.39, 0.29) is 25.4 Å². The molecule has 2 aromatic carbocycles. The summed E-state index contributed by atoms with van der Waals surface area (Å²) in [7, 11) is 0. The summed E-state index contributed by atoms with van der Waals surface area (Å²) in [5, 5.41) is 12.1. The fourth-order valence-electron chi connectivity index (χ4n) is 3.83. The first kappa shape index (κ1) is 23.3. The number of carboxylic acid groups (broad SMARTS) is 1. The first-order valence-corrected chi connectivity index (χ1v) is 10.6. The van der Waals surface area contributed by atoms with Crippen LogP contribution in [-0.4, -0.2) is 40.9 Å². The molecule has 3 rings (SSSR count). The molecule has 7 heteroatoms. The van der Waals surface area contributed by atoms with Crippen LogP contribution in [0.1, 0.15) is 57.6 Å². The van der Waals surface area contributed by atoms with Crippen molar-refractivity contribution in [2.75, 3.05) is 6.61 Å². The second-order valence-electron chi connectivity index (χ2n) is 9.17. The van der Waals surface area contributed by atoms with E-state index in [9.17, 15) is 19.5 Å². The van der Waals surface area contributed by atoms with Gasteiger partial charge in [-0.3, -0.25) is 4.79 Å². The maximum absolute atomic E-state index is 12.5. The van der Waals surface area contributed by atoms with Crippen LogP contribution < -0.4 is 5.32 Å². The first-order chi connectivity index (χ1) is 15.0. The number of ether oxygens (including phenoxy) is 2. The van der Waals surface area contributed by atoms with Gasteiger partial charge in [0.2, 0.25) is 0 Å². The monoisotopic (exact) mass is 439 g/mol. The Hall–Kier alpha value is -3.35. The standard InChI is InChI=1S/C25H29NO6/c1-24(2,3)32-21(27)13-14-25(4,22(28)29)26-23(30)31-15-20-18-11-7-5-9-16(18)17-10-6-8-12-19(17)20/h5-12,20H,13-15H2,1-4H3,(H,26,30)(H,28,29). The molecule has 0 heterocycles. The number of hydrogen-bond donors (Lipinski definition) is 2. The van der Waals surface area contributed by atoms with E-state index in [0.717, 1.165) is 22.3 Å². The van der Waals surface area contributed by atoms with Gasteiger partial charge in [-0.2, -0.15) is 0 Å². The Labute approximate surface area is 187 Å². The summed E-state index contributed by atoms with van der Waals surface area (Å²) in [4.78, 5) is 36.3. The molecule has 0 fully saturated rings. The van der Waals surface area contributed by atoms with Crippen molar-refractivity contribution in [2.45, 2.75) is 57.6 Å². The van der Waals surface area contributed by atoms with Crippen LogP contribution in [0.25, 0.3) is 11.1 Å². The SMILES string of the molecule is CC(C)(C)OC(=O)CCC(C)(NC(=O)OCC1c2ccccc2-c2ccccc21)C(=O)O. The minimum absolute atomic E-state index is 0.0711. The van der Waals surface area contributed by atoms with Gasteiger partial charge < -0.3 is 19.9 Å². The molecular weight excluding hydrogens is 410 g/mol. The van der Waals surface area contributed by atoms with Crippen LogP contribution in [0.15, 0.2) is 48.5 Å². The third-order valence-electron chi connectivity index (χ3n) is 5.44. The normalized spacial score (nSPS) is 14.6. The molecule has 2 N–H and O–H groups in total. The molecule has 0 saturated heterocycles. The second-order valence-corrected chi connectivity index (χ2v) is 9.17. The quantitative estimate of drug-likeness (QED) is 0.617. The third-order valence-corrected chi connectivity index (χ3v) is 5.44. The van der Waals surface area contributed by atoms with E-state index in [2.05, 4.69) is 5.32 Å². The van der Waals surface area contributed by atoms with Crippen molar-refractivity contribution in [1.29, 1.82) is 0 Å². The Morgan fingerprint density at radius 1 is 0.938 bits per heavy atom. The molecule has 1 aliphatic carbocycles. The van der Waals surface area contributed by atoms with Gasteiger partial charge in [-0.15, -0.1) is 0 Å². The van der Waals surface area contributed by atoms with Crippen molar-refractivity contribution >= 4 is 18.0 Å². The fraction of sp³-hybridized carbons (Fsp3) is 0.400. The van der Waals surface area contributed by atoms with Crippen LogP contribution in [0, 0.1) is 0 Å². The van der Waals surface area contributed by atoms with Gasteiger partial charge >= 0.3 is 18.0 Å². The highest BCUT2D eigenvalue weighted by atomic mass is 16.6. The number of amides is 1. The summed E-state index contributed by atoms with van der Waals surface area (Å²) in [6.07, 6.45) is -1.12. The number of nitrogens with one attached hydrogen (secondary N) is 1. The van der Waals surface area contributed by atoms with Crippen LogP contribution in [0.5, 0.6) is 0 Å². The van der Waals surface area contributed by atoms with E-state index in [4.69, 9.17) is 9.47 Å². The Balaban J connectivity index is 1.64. The average molecular weight is 440 g/mol. The zero-order chi connectivity index (χ0) is 23.5. The van der Waals surface area contributed by atoms with E-state index in [1.807, 2.05) is 48.5 Å². The summed E-state index contributed by atoms with van der Waals surface area (Å²) in [6, 6.07) is 15.9. The minimum Gasteiger partial charge on any atom is -0.480 e. The number of carbonyl (C=O) groups excluding carboxylic acids is 2. The van der Waals surface area contributed by atoms with Crippen molar-refractivity contribution in [3.05, 3.63) is 59.7 Å². The van der Waals surface area contributed by atoms with E-state index in [1.165, 1.54) is 6.92 Å². The molecule has 0 bridgehead atoms. The maximum atomic E-state index is 12.5. The lowest BCUT2D eigenvalue weighted by atomic mass is 9.96. The predicted octanol–water partition coefficient (Wildman–Crippen LogP) is 4.49. The van der Waals surface area contributed by atoms with Gasteiger partial charge in [-0.25, -0.2) is 9.59 Å². The zero-order valence-corrected chi connectivity index (χ0v) is 18.8. The highest BCUT2D eigenvalue weighted by Gasteiger charge is 2.37. The maximum Gasteiger partial charge on any atom is 0.408 e. The van der Waals surface area contributed by atoms with Gasteiger partial charge in [0.25, 0.3) is 0 Å². The number of fused-ring (bicyclic) bond motifs is 3. The molecular formula is C25H29NO6. The van der Waals surface area contributed by atoms with Crippen LogP contribution >= 0.6 is 0 Å². The molecule has 1 atom stereocenters. The Kier molecular flexibility index (Phi) is 6.57. The smallest absolute Gasteiger partial charge is 0.408 e. The van der Waals surface area contributed by atoms with Crippen molar-refractivity contribution in [3.63, 3.8) is 0 Å². The Morgan fingerprint density at radius 3 is 1.97 bits per heavy atom. The lowest BCUT2D eigenvalue weighted by molar-refractivity contribution is -0.155. The molecule has 1 amide bonds. The number of esters is 1. The van der Waals surface area contributed by atoms with Gasteiger partial charge in [0.1, 0.15) is 17.7 Å². The van der Waals surface area contributed by atoms with Crippen LogP contribution in [0.4, 0.5) is 4.79 Å². The number of benzene rings is 2. The van der Waals surface area contributed by atoms with E-state index < -0.39 is 29.2 Å². The predicted molar refractivity (Wildman–Crippen MR) is 119 cm³/mol. The number of carbonyl (C=O) groups is 3. The molecule has 32 heavy (non-hydrogen) atoms. The van der Waals surface area contributed by atoms with Crippen LogP contribution in [-0.2, 0) is 19.1 Å². The van der Waals surface area contributed by atoms with Crippen molar-refractivity contribution < 1.29 is 29.0 Å². The van der Waals surface area contributed by atoms with Crippen molar-refractivity contribution in [1.82, 2.24) is 5.32 Å². The molecule has 170 valence electrons. The molecule has 1 aliphatic rings. The Bertz CT molecular complexity index is 980. The highest BCUT2D eigenvalue weighted by molar-refractivity contribution is 5.85. The number of rotatable bonds is 7. The largest absolute Gasteiger partial charge is 0.480 e. The third kappa shape index (κ3) is 5.28. The minimum atomic E-state index is -1.67. The number of carboxylic acids is 1. The molecule has 0 aliphatic heterocycles. The van der Waals surface area contributed by atoms with Gasteiger partial charge in [0, 0.05) is 12.3 Å². The second kappa shape index (κ2) is 9.02. The summed E-state index contributed by atoms with van der Waals surface area (Å²) in [5.74, 6) is -1.92. The van der Waals surface area contributed by atoms with Gasteiger partial charge in [-0.05, 0) is 56.4 Å². The van der Waals surface area contributed by atoms with Crippen LogP contribution in [0.2, 0.25) is 0 Å². The van der Waals surface area contributed by atoms with Gasteiger partial charge in [-0.1, -0.05) is 48.5 Å². The molecule has 1 unspecified atom stereocenters. The van der Waals surface area contributed by atoms with E-state index in [0.29, 0.717) is 0 Å². The number of hydrogen-bond acceptors (Lipinski definition) is 5. The van der Waals surface area contributed by atoms with E-state index >= 15 is 0 Å². The molecule has 0 aromatic heterocycles. The summed E-state index contributed by atoms with van der Waals surface area (Å²) in [6.45, 7) is 6.62. The first-order valence-electron chi connectivity index (χ1n) is 10.6. The summed E-state index contributed by atoms with van der Waals surface area (Å²) in [5.41, 5.74) is 1.99. The van der Waals surface area contributed by atoms with Crippen molar-refractivity contribution in [3.8, 4) is 11.1 Å². The van der Waals surface area contributed by atoms with Crippen molar-refractivity contribution in [2.24, 2.45) is 0 Å². The van der Waals surface area contributed by atoms with E-state index in [1.54, 1.807) is 20.8 Å². The lowest BCUT2D eigenvalue weighted by Crippen LogP contribution is -2.52. The van der Waals surface area contributed by atoms with Crippen LogP contribution in [0.3, 0.4) is 0 Å². The van der Waals surface area contributed by atoms with Gasteiger partial charge in [0.15, 0.2) is 0 Å². The topological polar surface area (TPSA) is 102 Å². The molecule has 7 nitrogen and oxygen atoms in total. The molecule has 2 aromatic rings. The number of alkyl carbamates (subject to hydrolysis) is 1. The Morgan fingerprint density at radius 2 is 1.47 bits per heavy atom. The molecule has 0 radical (unpaired) electrons.